The fourth-order valence-electron chi connectivity index (χ4n) is 2.63. The second-order valence-corrected chi connectivity index (χ2v) is 5.50. The average molecular weight is 246 g/mol. The molecule has 1 aliphatic rings. The molecule has 0 aliphatic heterocycles. The molecule has 0 heterocycles. The van der Waals surface area contributed by atoms with Crippen molar-refractivity contribution >= 4 is 5.78 Å². The van der Waals surface area contributed by atoms with Gasteiger partial charge in [-0.2, -0.15) is 0 Å². The van der Waals surface area contributed by atoms with E-state index >= 15 is 0 Å². The summed E-state index contributed by atoms with van der Waals surface area (Å²) in [7, 11) is 0. The van der Waals surface area contributed by atoms with Gasteiger partial charge in [0.15, 0.2) is 5.78 Å². The third kappa shape index (κ3) is 3.67. The van der Waals surface area contributed by atoms with E-state index < -0.39 is 0 Å². The van der Waals surface area contributed by atoms with Crippen LogP contribution < -0.4 is 0 Å². The SMILES string of the molecule is Cc1cccc(C(=O)COC2CCCC(C)C2)c1. The Morgan fingerprint density at radius 3 is 2.94 bits per heavy atom. The van der Waals surface area contributed by atoms with Gasteiger partial charge in [-0.25, -0.2) is 0 Å². The number of hydrogen-bond donors (Lipinski definition) is 0. The Balaban J connectivity index is 1.84. The zero-order chi connectivity index (χ0) is 13.0. The summed E-state index contributed by atoms with van der Waals surface area (Å²) >= 11 is 0. The van der Waals surface area contributed by atoms with E-state index in [0.29, 0.717) is 0 Å². The van der Waals surface area contributed by atoms with Crippen molar-refractivity contribution in [2.24, 2.45) is 5.92 Å². The largest absolute Gasteiger partial charge is 0.370 e. The molecule has 0 bridgehead atoms. The molecule has 2 unspecified atom stereocenters. The highest BCUT2D eigenvalue weighted by molar-refractivity contribution is 5.97. The minimum atomic E-state index is 0.0944. The van der Waals surface area contributed by atoms with Gasteiger partial charge in [-0.1, -0.05) is 43.5 Å². The van der Waals surface area contributed by atoms with Crippen LogP contribution in [0.2, 0.25) is 0 Å². The van der Waals surface area contributed by atoms with Crippen molar-refractivity contribution < 1.29 is 9.53 Å². The molecule has 0 amide bonds. The van der Waals surface area contributed by atoms with E-state index in [0.717, 1.165) is 29.9 Å². The number of rotatable bonds is 4. The van der Waals surface area contributed by atoms with Gasteiger partial charge in [-0.3, -0.25) is 4.79 Å². The van der Waals surface area contributed by atoms with Crippen LogP contribution in [-0.4, -0.2) is 18.5 Å². The monoisotopic (exact) mass is 246 g/mol. The molecule has 0 spiro atoms. The molecule has 2 rings (SSSR count). The summed E-state index contributed by atoms with van der Waals surface area (Å²) in [5.41, 5.74) is 1.88. The maximum atomic E-state index is 12.0. The molecule has 0 radical (unpaired) electrons. The van der Waals surface area contributed by atoms with Crippen LogP contribution in [0.25, 0.3) is 0 Å². The normalized spacial score (nSPS) is 23.9. The molecule has 1 aromatic rings. The van der Waals surface area contributed by atoms with Crippen LogP contribution in [0.1, 0.15) is 48.5 Å². The molecule has 0 saturated heterocycles. The van der Waals surface area contributed by atoms with E-state index in [9.17, 15) is 4.79 Å². The number of carbonyl (C=O) groups is 1. The summed E-state index contributed by atoms with van der Waals surface area (Å²) < 4.78 is 5.76. The van der Waals surface area contributed by atoms with E-state index in [1.165, 1.54) is 12.8 Å². The molecule has 2 heteroatoms. The third-order valence-electron chi connectivity index (χ3n) is 3.68. The lowest BCUT2D eigenvalue weighted by Crippen LogP contribution is -2.24. The topological polar surface area (TPSA) is 26.3 Å². The van der Waals surface area contributed by atoms with Crippen molar-refractivity contribution in [3.8, 4) is 0 Å². The Bertz CT molecular complexity index is 411. The number of aryl methyl sites for hydroxylation is 1. The van der Waals surface area contributed by atoms with Crippen LogP contribution in [0.4, 0.5) is 0 Å². The molecule has 98 valence electrons. The Labute approximate surface area is 109 Å². The second-order valence-electron chi connectivity index (χ2n) is 5.50. The zero-order valence-electron chi connectivity index (χ0n) is 11.3. The fraction of sp³-hybridized carbons (Fsp3) is 0.562. The molecular weight excluding hydrogens is 224 g/mol. The molecule has 1 saturated carbocycles. The number of Topliss-reactive ketones (excluding diaryl/α,β-unsaturated/α-hetero) is 1. The standard InChI is InChI=1S/C16H22O2/c1-12-5-3-7-14(9-12)16(17)11-18-15-8-4-6-13(2)10-15/h3,5,7,9,13,15H,4,6,8,10-11H2,1-2H3. The number of ketones is 1. The molecule has 1 aromatic carbocycles. The second kappa shape index (κ2) is 6.14. The molecule has 0 N–H and O–H groups in total. The first-order valence-electron chi connectivity index (χ1n) is 6.86. The molecular formula is C16H22O2. The van der Waals surface area contributed by atoms with Crippen LogP contribution in [0.15, 0.2) is 24.3 Å². The van der Waals surface area contributed by atoms with Gasteiger partial charge in [0, 0.05) is 5.56 Å². The van der Waals surface area contributed by atoms with Crippen molar-refractivity contribution in [3.63, 3.8) is 0 Å². The summed E-state index contributed by atoms with van der Waals surface area (Å²) in [6, 6.07) is 7.71. The van der Waals surface area contributed by atoms with Gasteiger partial charge in [0.05, 0.1) is 6.10 Å². The summed E-state index contributed by atoms with van der Waals surface area (Å²) in [5.74, 6) is 0.828. The van der Waals surface area contributed by atoms with E-state index in [1.807, 2.05) is 31.2 Å². The van der Waals surface area contributed by atoms with Gasteiger partial charge in [0.1, 0.15) is 6.61 Å². The third-order valence-corrected chi connectivity index (χ3v) is 3.68. The molecule has 0 aromatic heterocycles. The first-order chi connectivity index (χ1) is 8.65. The fourth-order valence-corrected chi connectivity index (χ4v) is 2.63. The zero-order valence-corrected chi connectivity index (χ0v) is 11.3. The molecule has 2 nitrogen and oxygen atoms in total. The molecule has 2 atom stereocenters. The Morgan fingerprint density at radius 2 is 2.22 bits per heavy atom. The van der Waals surface area contributed by atoms with E-state index in [4.69, 9.17) is 4.74 Å². The van der Waals surface area contributed by atoms with Gasteiger partial charge in [-0.05, 0) is 31.7 Å². The maximum Gasteiger partial charge on any atom is 0.188 e. The summed E-state index contributed by atoms with van der Waals surface area (Å²) in [4.78, 5) is 12.0. The van der Waals surface area contributed by atoms with Crippen molar-refractivity contribution in [1.82, 2.24) is 0 Å². The first-order valence-corrected chi connectivity index (χ1v) is 6.86. The lowest BCUT2D eigenvalue weighted by atomic mass is 9.89. The average Bonchev–Trinajstić information content (AvgIpc) is 2.36. The van der Waals surface area contributed by atoms with Crippen LogP contribution in [0.5, 0.6) is 0 Å². The van der Waals surface area contributed by atoms with Crippen molar-refractivity contribution in [2.75, 3.05) is 6.61 Å². The predicted molar refractivity (Wildman–Crippen MR) is 72.9 cm³/mol. The highest BCUT2D eigenvalue weighted by Gasteiger charge is 2.20. The van der Waals surface area contributed by atoms with Gasteiger partial charge < -0.3 is 4.74 Å². The van der Waals surface area contributed by atoms with E-state index in [2.05, 4.69) is 6.92 Å². The quantitative estimate of drug-likeness (QED) is 0.756. The Hall–Kier alpha value is -1.15. The summed E-state index contributed by atoms with van der Waals surface area (Å²) in [6.07, 6.45) is 5.00. The van der Waals surface area contributed by atoms with Crippen LogP contribution in [0.3, 0.4) is 0 Å². The van der Waals surface area contributed by atoms with Gasteiger partial charge in [0.25, 0.3) is 0 Å². The van der Waals surface area contributed by atoms with Gasteiger partial charge in [-0.15, -0.1) is 0 Å². The molecule has 1 fully saturated rings. The number of carbonyl (C=O) groups excluding carboxylic acids is 1. The summed E-state index contributed by atoms with van der Waals surface area (Å²) in [6.45, 7) is 4.49. The van der Waals surface area contributed by atoms with Gasteiger partial charge >= 0.3 is 0 Å². The lowest BCUT2D eigenvalue weighted by Gasteiger charge is -2.26. The number of ether oxygens (including phenoxy) is 1. The van der Waals surface area contributed by atoms with Crippen LogP contribution in [0, 0.1) is 12.8 Å². The minimum Gasteiger partial charge on any atom is -0.370 e. The Morgan fingerprint density at radius 1 is 1.39 bits per heavy atom. The minimum absolute atomic E-state index is 0.0944. The number of benzene rings is 1. The molecule has 18 heavy (non-hydrogen) atoms. The van der Waals surface area contributed by atoms with E-state index in [-0.39, 0.29) is 18.5 Å². The number of hydrogen-bond acceptors (Lipinski definition) is 2. The lowest BCUT2D eigenvalue weighted by molar-refractivity contribution is 0.0182. The smallest absolute Gasteiger partial charge is 0.188 e. The first kappa shape index (κ1) is 13.3. The highest BCUT2D eigenvalue weighted by Crippen LogP contribution is 2.25. The van der Waals surface area contributed by atoms with Crippen molar-refractivity contribution in [2.45, 2.75) is 45.6 Å². The van der Waals surface area contributed by atoms with E-state index in [1.54, 1.807) is 0 Å². The molecule has 1 aliphatic carbocycles. The van der Waals surface area contributed by atoms with Crippen LogP contribution >= 0.6 is 0 Å². The van der Waals surface area contributed by atoms with Gasteiger partial charge in [0.2, 0.25) is 0 Å². The predicted octanol–water partition coefficient (Wildman–Crippen LogP) is 3.77. The van der Waals surface area contributed by atoms with Crippen LogP contribution in [-0.2, 0) is 4.74 Å². The van der Waals surface area contributed by atoms with Crippen molar-refractivity contribution in [3.05, 3.63) is 35.4 Å². The van der Waals surface area contributed by atoms with Crippen molar-refractivity contribution in [1.29, 1.82) is 0 Å². The summed E-state index contributed by atoms with van der Waals surface area (Å²) in [5, 5.41) is 0. The maximum absolute atomic E-state index is 12.0. The Kier molecular flexibility index (Phi) is 4.54. The highest BCUT2D eigenvalue weighted by atomic mass is 16.5.